The van der Waals surface area contributed by atoms with Gasteiger partial charge in [0.2, 0.25) is 0 Å². The third-order valence-electron chi connectivity index (χ3n) is 5.04. The van der Waals surface area contributed by atoms with Gasteiger partial charge in [0.25, 0.3) is 5.91 Å². The van der Waals surface area contributed by atoms with E-state index in [1.807, 2.05) is 13.8 Å². The molecular weight excluding hydrogens is 337 g/mol. The lowest BCUT2D eigenvalue weighted by Gasteiger charge is -2.16. The third kappa shape index (κ3) is 3.21. The first kappa shape index (κ1) is 18.1. The van der Waals surface area contributed by atoms with Gasteiger partial charge < -0.3 is 9.64 Å². The standard InChI is InChI=1S/C19H22FN3O3/c1-4-23-12(2)15(9-21-23)18(24)22-10-16(17(11-22)19(25)26-3)13-5-7-14(20)8-6-13/h5-9,16-17H,4,10-11H2,1-3H3/t16-,17+/m1/s1. The van der Waals surface area contributed by atoms with E-state index in [1.165, 1.54) is 19.2 Å². The number of likely N-dealkylation sites (tertiary alicyclic amines) is 1. The van der Waals surface area contributed by atoms with Crippen LogP contribution in [0.3, 0.4) is 0 Å². The molecule has 7 heteroatoms. The minimum Gasteiger partial charge on any atom is -0.469 e. The van der Waals surface area contributed by atoms with Gasteiger partial charge in [-0.3, -0.25) is 14.3 Å². The van der Waals surface area contributed by atoms with Gasteiger partial charge in [0.05, 0.1) is 24.8 Å². The summed E-state index contributed by atoms with van der Waals surface area (Å²) in [4.78, 5) is 26.8. The summed E-state index contributed by atoms with van der Waals surface area (Å²) >= 11 is 0. The van der Waals surface area contributed by atoms with E-state index in [9.17, 15) is 14.0 Å². The van der Waals surface area contributed by atoms with E-state index in [4.69, 9.17) is 4.74 Å². The number of hydrogen-bond acceptors (Lipinski definition) is 4. The van der Waals surface area contributed by atoms with E-state index < -0.39 is 5.92 Å². The number of ether oxygens (including phenoxy) is 1. The van der Waals surface area contributed by atoms with Crippen LogP contribution in [0.25, 0.3) is 0 Å². The maximum Gasteiger partial charge on any atom is 0.311 e. The van der Waals surface area contributed by atoms with Gasteiger partial charge in [-0.25, -0.2) is 4.39 Å². The third-order valence-corrected chi connectivity index (χ3v) is 5.04. The highest BCUT2D eigenvalue weighted by Gasteiger charge is 2.41. The molecule has 0 saturated carbocycles. The fourth-order valence-electron chi connectivity index (χ4n) is 3.55. The Hall–Kier alpha value is -2.70. The van der Waals surface area contributed by atoms with E-state index in [1.54, 1.807) is 27.9 Å². The quantitative estimate of drug-likeness (QED) is 0.787. The van der Waals surface area contributed by atoms with Crippen molar-refractivity contribution in [3.8, 4) is 0 Å². The first-order valence-electron chi connectivity index (χ1n) is 8.61. The average Bonchev–Trinajstić information content (AvgIpc) is 3.25. The molecule has 1 aromatic heterocycles. The minimum absolute atomic E-state index is 0.152. The number of benzene rings is 1. The number of aryl methyl sites for hydroxylation is 1. The number of halogens is 1. The monoisotopic (exact) mass is 359 g/mol. The minimum atomic E-state index is -0.476. The molecule has 2 atom stereocenters. The molecule has 1 aromatic carbocycles. The summed E-state index contributed by atoms with van der Waals surface area (Å²) in [5, 5.41) is 4.22. The number of hydrogen-bond donors (Lipinski definition) is 0. The van der Waals surface area contributed by atoms with Crippen LogP contribution in [-0.4, -0.2) is 46.8 Å². The Balaban J connectivity index is 1.88. The Bertz CT molecular complexity index is 816. The van der Waals surface area contributed by atoms with Crippen LogP contribution < -0.4 is 0 Å². The largest absolute Gasteiger partial charge is 0.469 e. The predicted octanol–water partition coefficient (Wildman–Crippen LogP) is 2.38. The molecular formula is C19H22FN3O3. The molecule has 1 aliphatic rings. The molecule has 0 radical (unpaired) electrons. The highest BCUT2D eigenvalue weighted by atomic mass is 19.1. The first-order chi connectivity index (χ1) is 12.5. The lowest BCUT2D eigenvalue weighted by molar-refractivity contribution is -0.145. The SMILES string of the molecule is CCn1ncc(C(=O)N2C[C@H](C(=O)OC)[C@@H](c3ccc(F)cc3)C2)c1C. The summed E-state index contributed by atoms with van der Waals surface area (Å²) in [6.07, 6.45) is 1.57. The molecule has 3 rings (SSSR count). The summed E-state index contributed by atoms with van der Waals surface area (Å²) < 4.78 is 19.9. The van der Waals surface area contributed by atoms with Gasteiger partial charge in [0, 0.05) is 31.2 Å². The molecule has 0 unspecified atom stereocenters. The molecule has 0 N–H and O–H groups in total. The Morgan fingerprint density at radius 2 is 1.96 bits per heavy atom. The Morgan fingerprint density at radius 3 is 2.54 bits per heavy atom. The molecule has 138 valence electrons. The molecule has 1 aliphatic heterocycles. The molecule has 26 heavy (non-hydrogen) atoms. The number of carbonyl (C=O) groups is 2. The van der Waals surface area contributed by atoms with Crippen LogP contribution in [0.15, 0.2) is 30.5 Å². The molecule has 1 amide bonds. The van der Waals surface area contributed by atoms with Crippen molar-refractivity contribution in [2.24, 2.45) is 5.92 Å². The summed E-state index contributed by atoms with van der Waals surface area (Å²) in [5.74, 6) is -1.56. The second-order valence-corrected chi connectivity index (χ2v) is 6.46. The van der Waals surface area contributed by atoms with E-state index in [2.05, 4.69) is 5.10 Å². The van der Waals surface area contributed by atoms with E-state index >= 15 is 0 Å². The van der Waals surface area contributed by atoms with Gasteiger partial charge in [0.1, 0.15) is 5.82 Å². The van der Waals surface area contributed by atoms with Crippen LogP contribution in [0.5, 0.6) is 0 Å². The zero-order valence-electron chi connectivity index (χ0n) is 15.1. The highest BCUT2D eigenvalue weighted by Crippen LogP contribution is 2.34. The summed E-state index contributed by atoms with van der Waals surface area (Å²) in [5.41, 5.74) is 2.16. The topological polar surface area (TPSA) is 64.4 Å². The Labute approximate surface area is 151 Å². The molecule has 6 nitrogen and oxygen atoms in total. The Kier molecular flexibility index (Phi) is 5.06. The van der Waals surface area contributed by atoms with Crippen LogP contribution >= 0.6 is 0 Å². The summed E-state index contributed by atoms with van der Waals surface area (Å²) in [6.45, 7) is 5.14. The average molecular weight is 359 g/mol. The fourth-order valence-corrected chi connectivity index (χ4v) is 3.55. The van der Waals surface area contributed by atoms with Gasteiger partial charge in [0.15, 0.2) is 0 Å². The van der Waals surface area contributed by atoms with Crippen LogP contribution in [0.1, 0.15) is 34.5 Å². The number of esters is 1. The Morgan fingerprint density at radius 1 is 1.27 bits per heavy atom. The lowest BCUT2D eigenvalue weighted by atomic mass is 9.89. The maximum absolute atomic E-state index is 13.2. The molecule has 2 aromatic rings. The maximum atomic E-state index is 13.2. The lowest BCUT2D eigenvalue weighted by Crippen LogP contribution is -2.30. The van der Waals surface area contributed by atoms with Crippen LogP contribution in [0, 0.1) is 18.7 Å². The van der Waals surface area contributed by atoms with Crippen molar-refractivity contribution in [3.63, 3.8) is 0 Å². The number of carbonyl (C=O) groups excluding carboxylic acids is 2. The molecule has 2 heterocycles. The van der Waals surface area contributed by atoms with Crippen molar-refractivity contribution in [2.75, 3.05) is 20.2 Å². The number of aromatic nitrogens is 2. The van der Waals surface area contributed by atoms with E-state index in [-0.39, 0.29) is 30.2 Å². The molecule has 0 spiro atoms. The predicted molar refractivity (Wildman–Crippen MR) is 93.2 cm³/mol. The second kappa shape index (κ2) is 7.27. The van der Waals surface area contributed by atoms with Gasteiger partial charge in [-0.05, 0) is 31.5 Å². The number of methoxy groups -OCH3 is 1. The highest BCUT2D eigenvalue weighted by molar-refractivity contribution is 5.95. The van der Waals surface area contributed by atoms with Crippen molar-refractivity contribution in [3.05, 3.63) is 53.1 Å². The van der Waals surface area contributed by atoms with Gasteiger partial charge >= 0.3 is 5.97 Å². The van der Waals surface area contributed by atoms with Crippen LogP contribution in [0.2, 0.25) is 0 Å². The van der Waals surface area contributed by atoms with Crippen LogP contribution in [0.4, 0.5) is 4.39 Å². The second-order valence-electron chi connectivity index (χ2n) is 6.46. The van der Waals surface area contributed by atoms with Gasteiger partial charge in [-0.1, -0.05) is 12.1 Å². The molecule has 1 saturated heterocycles. The molecule has 0 bridgehead atoms. The smallest absolute Gasteiger partial charge is 0.311 e. The van der Waals surface area contributed by atoms with E-state index in [0.717, 1.165) is 11.3 Å². The molecule has 1 fully saturated rings. The first-order valence-corrected chi connectivity index (χ1v) is 8.61. The van der Waals surface area contributed by atoms with Gasteiger partial charge in [-0.2, -0.15) is 5.10 Å². The van der Waals surface area contributed by atoms with Crippen molar-refractivity contribution >= 4 is 11.9 Å². The summed E-state index contributed by atoms with van der Waals surface area (Å²) in [7, 11) is 1.34. The molecule has 0 aliphatic carbocycles. The van der Waals surface area contributed by atoms with E-state index in [0.29, 0.717) is 18.7 Å². The number of nitrogens with zero attached hydrogens (tertiary/aromatic N) is 3. The fraction of sp³-hybridized carbons (Fsp3) is 0.421. The van der Waals surface area contributed by atoms with Crippen molar-refractivity contribution < 1.29 is 18.7 Å². The van der Waals surface area contributed by atoms with Gasteiger partial charge in [-0.15, -0.1) is 0 Å². The van der Waals surface area contributed by atoms with Crippen LogP contribution in [-0.2, 0) is 16.1 Å². The summed E-state index contributed by atoms with van der Waals surface area (Å²) in [6, 6.07) is 6.04. The zero-order valence-corrected chi connectivity index (χ0v) is 15.1. The van der Waals surface area contributed by atoms with Crippen molar-refractivity contribution in [1.29, 1.82) is 0 Å². The number of rotatable bonds is 4. The van der Waals surface area contributed by atoms with Crippen molar-refractivity contribution in [2.45, 2.75) is 26.3 Å². The number of amides is 1. The normalized spacial score (nSPS) is 19.6. The van der Waals surface area contributed by atoms with Crippen molar-refractivity contribution in [1.82, 2.24) is 14.7 Å². The zero-order chi connectivity index (χ0) is 18.8.